The van der Waals surface area contributed by atoms with Crippen molar-refractivity contribution in [2.75, 3.05) is 0 Å². The number of hydrogen-bond donors (Lipinski definition) is 1. The first kappa shape index (κ1) is 9.00. The zero-order chi connectivity index (χ0) is 9.80. The Morgan fingerprint density at radius 3 is 2.57 bits per heavy atom. The van der Waals surface area contributed by atoms with Gasteiger partial charge < -0.3 is 5.21 Å². The SMILES string of the molecule is ON=C1C=C(c2ccccc2)CCC1. The Morgan fingerprint density at radius 1 is 1.07 bits per heavy atom. The molecule has 0 aromatic heterocycles. The Hall–Kier alpha value is -1.57. The maximum atomic E-state index is 8.70. The van der Waals surface area contributed by atoms with Crippen LogP contribution in [0.3, 0.4) is 0 Å². The van der Waals surface area contributed by atoms with Crippen molar-refractivity contribution in [1.29, 1.82) is 0 Å². The first-order valence-corrected chi connectivity index (χ1v) is 4.87. The van der Waals surface area contributed by atoms with E-state index in [-0.39, 0.29) is 0 Å². The second-order valence-corrected chi connectivity index (χ2v) is 3.48. The van der Waals surface area contributed by atoms with E-state index in [2.05, 4.69) is 17.3 Å². The molecule has 0 atom stereocenters. The van der Waals surface area contributed by atoms with E-state index in [0.717, 1.165) is 25.0 Å². The molecule has 1 aromatic carbocycles. The number of allylic oxidation sites excluding steroid dienone is 2. The third-order valence-corrected chi connectivity index (χ3v) is 2.49. The van der Waals surface area contributed by atoms with Gasteiger partial charge >= 0.3 is 0 Å². The predicted molar refractivity (Wildman–Crippen MR) is 57.5 cm³/mol. The molecule has 1 aliphatic carbocycles. The van der Waals surface area contributed by atoms with E-state index in [1.807, 2.05) is 24.3 Å². The van der Waals surface area contributed by atoms with E-state index in [1.54, 1.807) is 0 Å². The molecule has 0 aliphatic heterocycles. The number of oxime groups is 1. The normalized spacial score (nSPS) is 19.4. The van der Waals surface area contributed by atoms with Crippen molar-refractivity contribution in [3.63, 3.8) is 0 Å². The smallest absolute Gasteiger partial charge is 0.0798 e. The van der Waals surface area contributed by atoms with E-state index in [4.69, 9.17) is 5.21 Å². The van der Waals surface area contributed by atoms with Crippen LogP contribution in [-0.2, 0) is 0 Å². The number of rotatable bonds is 1. The molecule has 0 unspecified atom stereocenters. The van der Waals surface area contributed by atoms with Crippen molar-refractivity contribution in [3.05, 3.63) is 42.0 Å². The zero-order valence-corrected chi connectivity index (χ0v) is 7.98. The van der Waals surface area contributed by atoms with Gasteiger partial charge in [-0.2, -0.15) is 0 Å². The average Bonchev–Trinajstić information content (AvgIpc) is 2.30. The Morgan fingerprint density at radius 2 is 1.86 bits per heavy atom. The van der Waals surface area contributed by atoms with Crippen LogP contribution < -0.4 is 0 Å². The highest BCUT2D eigenvalue weighted by atomic mass is 16.4. The van der Waals surface area contributed by atoms with Crippen molar-refractivity contribution in [2.24, 2.45) is 5.16 Å². The molecule has 2 nitrogen and oxygen atoms in total. The maximum Gasteiger partial charge on any atom is 0.0798 e. The van der Waals surface area contributed by atoms with E-state index in [1.165, 1.54) is 11.1 Å². The maximum absolute atomic E-state index is 8.70. The van der Waals surface area contributed by atoms with Gasteiger partial charge in [0, 0.05) is 0 Å². The van der Waals surface area contributed by atoms with Crippen LogP contribution in [0.1, 0.15) is 24.8 Å². The minimum absolute atomic E-state index is 0.787. The van der Waals surface area contributed by atoms with Crippen LogP contribution in [0.4, 0.5) is 0 Å². The van der Waals surface area contributed by atoms with Crippen molar-refractivity contribution in [3.8, 4) is 0 Å². The van der Waals surface area contributed by atoms with Gasteiger partial charge in [0.15, 0.2) is 0 Å². The zero-order valence-electron chi connectivity index (χ0n) is 7.98. The molecule has 72 valence electrons. The van der Waals surface area contributed by atoms with Crippen molar-refractivity contribution in [1.82, 2.24) is 0 Å². The number of hydrogen-bond acceptors (Lipinski definition) is 2. The van der Waals surface area contributed by atoms with Crippen LogP contribution in [0.2, 0.25) is 0 Å². The summed E-state index contributed by atoms with van der Waals surface area (Å²) in [4.78, 5) is 0. The molecule has 1 aliphatic rings. The standard InChI is InChI=1S/C12H13NO/c14-13-12-8-4-7-11(9-12)10-5-2-1-3-6-10/h1-3,5-6,9,14H,4,7-8H2. The summed E-state index contributed by atoms with van der Waals surface area (Å²) >= 11 is 0. The van der Waals surface area contributed by atoms with Crippen LogP contribution in [0.25, 0.3) is 5.57 Å². The van der Waals surface area contributed by atoms with E-state index >= 15 is 0 Å². The minimum atomic E-state index is 0.787. The fourth-order valence-electron chi connectivity index (χ4n) is 1.76. The average molecular weight is 187 g/mol. The van der Waals surface area contributed by atoms with Crippen molar-refractivity contribution in [2.45, 2.75) is 19.3 Å². The lowest BCUT2D eigenvalue weighted by Gasteiger charge is -2.13. The first-order valence-electron chi connectivity index (χ1n) is 4.87. The molecule has 0 heterocycles. The molecular weight excluding hydrogens is 174 g/mol. The molecule has 0 radical (unpaired) electrons. The highest BCUT2D eigenvalue weighted by molar-refractivity contribution is 6.01. The molecule has 1 N–H and O–H groups in total. The third-order valence-electron chi connectivity index (χ3n) is 2.49. The summed E-state index contributed by atoms with van der Waals surface area (Å²) in [5.74, 6) is 0. The molecule has 0 amide bonds. The van der Waals surface area contributed by atoms with Crippen LogP contribution in [-0.4, -0.2) is 10.9 Å². The Bertz CT molecular complexity index is 365. The third kappa shape index (κ3) is 1.84. The Labute approximate surface area is 83.6 Å². The van der Waals surface area contributed by atoms with Crippen LogP contribution in [0.5, 0.6) is 0 Å². The first-order chi connectivity index (χ1) is 6.90. The summed E-state index contributed by atoms with van der Waals surface area (Å²) in [5.41, 5.74) is 3.29. The second-order valence-electron chi connectivity index (χ2n) is 3.48. The Balaban J connectivity index is 2.31. The highest BCUT2D eigenvalue weighted by Gasteiger charge is 2.09. The highest BCUT2D eigenvalue weighted by Crippen LogP contribution is 2.25. The molecule has 0 fully saturated rings. The van der Waals surface area contributed by atoms with Crippen LogP contribution in [0.15, 0.2) is 41.6 Å². The second kappa shape index (κ2) is 4.09. The van der Waals surface area contributed by atoms with Crippen LogP contribution in [0, 0.1) is 0 Å². The molecule has 2 rings (SSSR count). The van der Waals surface area contributed by atoms with Gasteiger partial charge in [0.2, 0.25) is 0 Å². The topological polar surface area (TPSA) is 32.6 Å². The molecule has 1 aromatic rings. The van der Waals surface area contributed by atoms with Gasteiger partial charge in [-0.05, 0) is 36.5 Å². The molecule has 0 spiro atoms. The summed E-state index contributed by atoms with van der Waals surface area (Å²) < 4.78 is 0. The summed E-state index contributed by atoms with van der Waals surface area (Å²) in [5, 5.41) is 12.0. The lowest BCUT2D eigenvalue weighted by Crippen LogP contribution is -2.02. The van der Waals surface area contributed by atoms with Gasteiger partial charge in [-0.3, -0.25) is 0 Å². The summed E-state index contributed by atoms with van der Waals surface area (Å²) in [6, 6.07) is 10.2. The van der Waals surface area contributed by atoms with Gasteiger partial charge in [-0.25, -0.2) is 0 Å². The van der Waals surface area contributed by atoms with E-state index in [0.29, 0.717) is 0 Å². The lowest BCUT2D eigenvalue weighted by molar-refractivity contribution is 0.318. The Kier molecular flexibility index (Phi) is 2.63. The monoisotopic (exact) mass is 187 g/mol. The van der Waals surface area contributed by atoms with Gasteiger partial charge in [0.25, 0.3) is 0 Å². The van der Waals surface area contributed by atoms with Gasteiger partial charge in [0.1, 0.15) is 0 Å². The summed E-state index contributed by atoms with van der Waals surface area (Å²) in [6.45, 7) is 0. The van der Waals surface area contributed by atoms with Gasteiger partial charge in [-0.15, -0.1) is 0 Å². The fraction of sp³-hybridized carbons (Fsp3) is 0.250. The largest absolute Gasteiger partial charge is 0.411 e. The number of nitrogens with zero attached hydrogens (tertiary/aromatic N) is 1. The lowest BCUT2D eigenvalue weighted by atomic mass is 9.93. The van der Waals surface area contributed by atoms with Gasteiger partial charge in [-0.1, -0.05) is 35.5 Å². The molecule has 2 heteroatoms. The van der Waals surface area contributed by atoms with Crippen molar-refractivity contribution < 1.29 is 5.21 Å². The van der Waals surface area contributed by atoms with Crippen LogP contribution >= 0.6 is 0 Å². The summed E-state index contributed by atoms with van der Waals surface area (Å²) in [7, 11) is 0. The predicted octanol–water partition coefficient (Wildman–Crippen LogP) is 3.08. The molecular formula is C12H13NO. The minimum Gasteiger partial charge on any atom is -0.411 e. The molecule has 0 saturated heterocycles. The van der Waals surface area contributed by atoms with Crippen molar-refractivity contribution >= 4 is 11.3 Å². The molecule has 14 heavy (non-hydrogen) atoms. The van der Waals surface area contributed by atoms with Gasteiger partial charge in [0.05, 0.1) is 5.71 Å². The van der Waals surface area contributed by atoms with E-state index in [9.17, 15) is 0 Å². The van der Waals surface area contributed by atoms with E-state index < -0.39 is 0 Å². The quantitative estimate of drug-likeness (QED) is 0.531. The molecule has 0 bridgehead atoms. The molecule has 0 saturated carbocycles. The number of benzene rings is 1. The summed E-state index contributed by atoms with van der Waals surface area (Å²) in [6.07, 6.45) is 5.01. The fourth-order valence-corrected chi connectivity index (χ4v) is 1.76.